The average molecular weight is 319 g/mol. The van der Waals surface area contributed by atoms with Crippen molar-refractivity contribution < 1.29 is 0 Å². The first kappa shape index (κ1) is 13.5. The molecule has 4 nitrogen and oxygen atoms in total. The Labute approximate surface area is 120 Å². The van der Waals surface area contributed by atoms with Crippen LogP contribution in [0.4, 0.5) is 11.5 Å². The standard InChI is InChI=1S/C14H15BrN4/c1-9-6-12(15)14(18-8-9)19(2)11-5-3-4-10(7-11)13(16)17/h3-8H,1-2H3,(H3,16,17). The van der Waals surface area contributed by atoms with Crippen LogP contribution in [0.5, 0.6) is 0 Å². The van der Waals surface area contributed by atoms with Crippen molar-refractivity contribution in [1.29, 1.82) is 5.41 Å². The van der Waals surface area contributed by atoms with Crippen LogP contribution in [0, 0.1) is 12.3 Å². The highest BCUT2D eigenvalue weighted by atomic mass is 79.9. The van der Waals surface area contributed by atoms with Crippen molar-refractivity contribution in [3.05, 3.63) is 52.1 Å². The maximum atomic E-state index is 7.48. The molecule has 5 heteroatoms. The molecule has 2 aromatic rings. The van der Waals surface area contributed by atoms with Gasteiger partial charge in [-0.15, -0.1) is 0 Å². The highest BCUT2D eigenvalue weighted by Gasteiger charge is 2.10. The van der Waals surface area contributed by atoms with Gasteiger partial charge in [-0.1, -0.05) is 12.1 Å². The van der Waals surface area contributed by atoms with Gasteiger partial charge in [0.15, 0.2) is 0 Å². The van der Waals surface area contributed by atoms with Gasteiger partial charge in [0.2, 0.25) is 0 Å². The molecule has 0 saturated carbocycles. The number of halogens is 1. The van der Waals surface area contributed by atoms with Gasteiger partial charge in [0, 0.05) is 24.5 Å². The number of nitrogens with two attached hydrogens (primary N) is 1. The van der Waals surface area contributed by atoms with E-state index in [0.717, 1.165) is 21.5 Å². The summed E-state index contributed by atoms with van der Waals surface area (Å²) in [5, 5.41) is 7.48. The Morgan fingerprint density at radius 3 is 2.74 bits per heavy atom. The van der Waals surface area contributed by atoms with Crippen LogP contribution in [-0.4, -0.2) is 17.9 Å². The van der Waals surface area contributed by atoms with E-state index in [2.05, 4.69) is 20.9 Å². The molecule has 0 amide bonds. The summed E-state index contributed by atoms with van der Waals surface area (Å²) in [4.78, 5) is 6.38. The number of hydrogen-bond acceptors (Lipinski definition) is 3. The van der Waals surface area contributed by atoms with E-state index < -0.39 is 0 Å². The molecule has 0 bridgehead atoms. The normalized spacial score (nSPS) is 10.3. The van der Waals surface area contributed by atoms with Gasteiger partial charge in [0.25, 0.3) is 0 Å². The topological polar surface area (TPSA) is 66.0 Å². The Balaban J connectivity index is 2.41. The lowest BCUT2D eigenvalue weighted by atomic mass is 10.1. The van der Waals surface area contributed by atoms with Crippen molar-refractivity contribution >= 4 is 33.3 Å². The van der Waals surface area contributed by atoms with Gasteiger partial charge in [-0.2, -0.15) is 0 Å². The zero-order chi connectivity index (χ0) is 14.0. The summed E-state index contributed by atoms with van der Waals surface area (Å²) in [7, 11) is 1.93. The molecular formula is C14H15BrN4. The Morgan fingerprint density at radius 1 is 1.37 bits per heavy atom. The van der Waals surface area contributed by atoms with Crippen LogP contribution in [0.15, 0.2) is 41.0 Å². The van der Waals surface area contributed by atoms with E-state index in [9.17, 15) is 0 Å². The highest BCUT2D eigenvalue weighted by Crippen LogP contribution is 2.29. The fraction of sp³-hybridized carbons (Fsp3) is 0.143. The monoisotopic (exact) mass is 318 g/mol. The second kappa shape index (κ2) is 5.40. The van der Waals surface area contributed by atoms with Gasteiger partial charge in [0.05, 0.1) is 4.47 Å². The molecular weight excluding hydrogens is 304 g/mol. The third-order valence-corrected chi connectivity index (χ3v) is 3.40. The molecule has 1 aromatic carbocycles. The minimum Gasteiger partial charge on any atom is -0.384 e. The highest BCUT2D eigenvalue weighted by molar-refractivity contribution is 9.10. The number of aromatic nitrogens is 1. The second-order valence-corrected chi connectivity index (χ2v) is 5.20. The lowest BCUT2D eigenvalue weighted by Crippen LogP contribution is -2.15. The molecule has 98 valence electrons. The van der Waals surface area contributed by atoms with Crippen LogP contribution in [0.1, 0.15) is 11.1 Å². The molecule has 3 N–H and O–H groups in total. The van der Waals surface area contributed by atoms with Crippen LogP contribution in [0.2, 0.25) is 0 Å². The Hall–Kier alpha value is -1.88. The molecule has 0 spiro atoms. The molecule has 0 fully saturated rings. The summed E-state index contributed by atoms with van der Waals surface area (Å²) < 4.78 is 0.934. The van der Waals surface area contributed by atoms with Gasteiger partial charge >= 0.3 is 0 Å². The van der Waals surface area contributed by atoms with Crippen molar-refractivity contribution in [1.82, 2.24) is 4.98 Å². The molecule has 1 aromatic heterocycles. The molecule has 19 heavy (non-hydrogen) atoms. The van der Waals surface area contributed by atoms with Crippen LogP contribution in [0.3, 0.4) is 0 Å². The fourth-order valence-corrected chi connectivity index (χ4v) is 2.51. The first-order chi connectivity index (χ1) is 8.99. The molecule has 0 aliphatic heterocycles. The summed E-state index contributed by atoms with van der Waals surface area (Å²) in [6.07, 6.45) is 1.82. The molecule has 2 rings (SSSR count). The first-order valence-electron chi connectivity index (χ1n) is 5.79. The molecule has 0 aliphatic carbocycles. The minimum atomic E-state index is 0.0613. The Morgan fingerprint density at radius 2 is 2.11 bits per heavy atom. The first-order valence-corrected chi connectivity index (χ1v) is 6.58. The van der Waals surface area contributed by atoms with Gasteiger partial charge < -0.3 is 10.6 Å². The summed E-state index contributed by atoms with van der Waals surface area (Å²) in [5.41, 5.74) is 8.25. The summed E-state index contributed by atoms with van der Waals surface area (Å²) >= 11 is 3.52. The van der Waals surface area contributed by atoms with Crippen molar-refractivity contribution in [3.8, 4) is 0 Å². The predicted octanol–water partition coefficient (Wildman–Crippen LogP) is 3.20. The zero-order valence-corrected chi connectivity index (χ0v) is 12.4. The molecule has 1 heterocycles. The van der Waals surface area contributed by atoms with Crippen LogP contribution in [-0.2, 0) is 0 Å². The average Bonchev–Trinajstić information content (AvgIpc) is 2.38. The number of nitrogen functional groups attached to an aromatic ring is 1. The number of aryl methyl sites for hydroxylation is 1. The van der Waals surface area contributed by atoms with E-state index >= 15 is 0 Å². The number of nitrogens with one attached hydrogen (secondary N) is 1. The molecule has 0 aliphatic rings. The summed E-state index contributed by atoms with van der Waals surface area (Å²) in [6.45, 7) is 2.00. The third kappa shape index (κ3) is 2.93. The van der Waals surface area contributed by atoms with Crippen molar-refractivity contribution in [2.75, 3.05) is 11.9 Å². The number of rotatable bonds is 3. The van der Waals surface area contributed by atoms with E-state index in [-0.39, 0.29) is 5.84 Å². The lowest BCUT2D eigenvalue weighted by molar-refractivity contribution is 1.10. The number of nitrogens with zero attached hydrogens (tertiary/aromatic N) is 2. The maximum Gasteiger partial charge on any atom is 0.147 e. The van der Waals surface area contributed by atoms with Gasteiger partial charge in [-0.25, -0.2) is 4.98 Å². The SMILES string of the molecule is Cc1cnc(N(C)c2cccc(C(=N)N)c2)c(Br)c1. The van der Waals surface area contributed by atoms with Crippen molar-refractivity contribution in [3.63, 3.8) is 0 Å². The van der Waals surface area contributed by atoms with Crippen LogP contribution >= 0.6 is 15.9 Å². The number of hydrogen-bond donors (Lipinski definition) is 2. The lowest BCUT2D eigenvalue weighted by Gasteiger charge is -2.20. The fourth-order valence-electron chi connectivity index (χ4n) is 1.78. The summed E-state index contributed by atoms with van der Waals surface area (Å²) in [5.74, 6) is 0.887. The second-order valence-electron chi connectivity index (χ2n) is 4.34. The zero-order valence-electron chi connectivity index (χ0n) is 10.8. The van der Waals surface area contributed by atoms with Crippen molar-refractivity contribution in [2.45, 2.75) is 6.92 Å². The third-order valence-electron chi connectivity index (χ3n) is 2.82. The molecule has 0 unspecified atom stereocenters. The Bertz CT molecular complexity index is 625. The van der Waals surface area contributed by atoms with E-state index in [1.54, 1.807) is 0 Å². The van der Waals surface area contributed by atoms with Crippen LogP contribution < -0.4 is 10.6 Å². The Kier molecular flexibility index (Phi) is 3.85. The van der Waals surface area contributed by atoms with Gasteiger partial charge in [0.1, 0.15) is 11.7 Å². The molecule has 0 radical (unpaired) electrons. The molecule has 0 saturated heterocycles. The summed E-state index contributed by atoms with van der Waals surface area (Å²) in [6, 6.07) is 9.55. The van der Waals surface area contributed by atoms with Crippen LogP contribution in [0.25, 0.3) is 0 Å². The van der Waals surface area contributed by atoms with E-state index in [0.29, 0.717) is 5.56 Å². The van der Waals surface area contributed by atoms with E-state index in [4.69, 9.17) is 11.1 Å². The smallest absolute Gasteiger partial charge is 0.147 e. The number of amidine groups is 1. The quantitative estimate of drug-likeness (QED) is 0.674. The largest absolute Gasteiger partial charge is 0.384 e. The van der Waals surface area contributed by atoms with Crippen molar-refractivity contribution in [2.24, 2.45) is 5.73 Å². The number of benzene rings is 1. The number of anilines is 2. The van der Waals surface area contributed by atoms with E-state index in [1.165, 1.54) is 0 Å². The van der Waals surface area contributed by atoms with Gasteiger partial charge in [-0.05, 0) is 46.6 Å². The number of pyridine rings is 1. The maximum absolute atomic E-state index is 7.48. The minimum absolute atomic E-state index is 0.0613. The van der Waals surface area contributed by atoms with Gasteiger partial charge in [-0.3, -0.25) is 5.41 Å². The predicted molar refractivity (Wildman–Crippen MR) is 82.2 cm³/mol. The molecule has 0 atom stereocenters. The van der Waals surface area contributed by atoms with E-state index in [1.807, 2.05) is 55.4 Å².